The zero-order chi connectivity index (χ0) is 35.0. The zero-order valence-electron chi connectivity index (χ0n) is 27.7. The monoisotopic (exact) mass is 662 g/mol. The number of amides is 3. The molecule has 0 fully saturated rings. The highest BCUT2D eigenvalue weighted by Crippen LogP contribution is 2.53. The van der Waals surface area contributed by atoms with E-state index in [0.29, 0.717) is 0 Å². The average molecular weight is 663 g/mol. The molecule has 0 heterocycles. The zero-order valence-corrected chi connectivity index (χ0v) is 28.5. The number of ether oxygens (including phenoxy) is 1. The van der Waals surface area contributed by atoms with Crippen LogP contribution in [0.1, 0.15) is 64.7 Å². The van der Waals surface area contributed by atoms with Gasteiger partial charge in [0.25, 0.3) is 0 Å². The molecule has 11 heteroatoms. The molecule has 0 aliphatic carbocycles. The lowest BCUT2D eigenvalue weighted by atomic mass is 9.84. The smallest absolute Gasteiger partial charge is 0.328 e. The fraction of sp³-hybridized carbons (Fsp3) is 0.389. The van der Waals surface area contributed by atoms with Crippen LogP contribution >= 0.6 is 11.8 Å². The number of thioether (sulfide) groups is 1. The molecule has 47 heavy (non-hydrogen) atoms. The van der Waals surface area contributed by atoms with Crippen LogP contribution in [0.3, 0.4) is 0 Å². The standard InChI is InChI=1S/C36H46N4O6S/c1-23(46-34(2,3)4)29(33(44)45)40-31(42)27(22-28(37)41)39-32(43)30(38)35(5,6)47-36(24-16-10-7-11-17-24,25-18-12-8-13-19-25)26-20-14-9-15-21-26/h7-21,23,27,29-30H,22,38H2,1-6H3,(H2,37,41)(H,39,43)(H,40,42)(H,44,45)/t23-,27+,29+,30-/m1/s1. The quantitative estimate of drug-likeness (QED) is 0.152. The number of rotatable bonds is 15. The van der Waals surface area contributed by atoms with Crippen LogP contribution in [0.15, 0.2) is 91.0 Å². The number of primary amides is 1. The van der Waals surface area contributed by atoms with Gasteiger partial charge in [-0.25, -0.2) is 4.79 Å². The minimum atomic E-state index is -1.47. The summed E-state index contributed by atoms with van der Waals surface area (Å²) in [6.07, 6.45) is -1.50. The molecule has 3 amide bonds. The van der Waals surface area contributed by atoms with Gasteiger partial charge in [-0.15, -0.1) is 11.8 Å². The fourth-order valence-corrected chi connectivity index (χ4v) is 7.19. The molecule has 3 aromatic rings. The predicted octanol–water partition coefficient (Wildman–Crippen LogP) is 3.95. The number of carboxylic acids is 1. The highest BCUT2D eigenvalue weighted by molar-refractivity contribution is 8.02. The van der Waals surface area contributed by atoms with Crippen LogP contribution in [0, 0.1) is 0 Å². The molecule has 0 aromatic heterocycles. The first-order valence-corrected chi connectivity index (χ1v) is 16.2. The molecular formula is C36H46N4O6S. The van der Waals surface area contributed by atoms with Gasteiger partial charge in [-0.05, 0) is 58.2 Å². The minimum absolute atomic E-state index is 0.569. The molecule has 252 valence electrons. The maximum absolute atomic E-state index is 13.8. The fourth-order valence-electron chi connectivity index (χ4n) is 5.40. The Balaban J connectivity index is 1.96. The first kappa shape index (κ1) is 37.3. The molecule has 3 rings (SSSR count). The van der Waals surface area contributed by atoms with Gasteiger partial charge in [0.2, 0.25) is 17.7 Å². The van der Waals surface area contributed by atoms with Crippen LogP contribution in [0.4, 0.5) is 0 Å². The lowest BCUT2D eigenvalue weighted by Crippen LogP contribution is -2.60. The Hall–Kier alpha value is -4.19. The summed E-state index contributed by atoms with van der Waals surface area (Å²) in [6.45, 7) is 10.5. The Morgan fingerprint density at radius 3 is 1.55 bits per heavy atom. The third kappa shape index (κ3) is 9.66. The van der Waals surface area contributed by atoms with E-state index in [1.807, 2.05) is 105 Å². The van der Waals surface area contributed by atoms with Crippen molar-refractivity contribution in [2.75, 3.05) is 0 Å². The van der Waals surface area contributed by atoms with Gasteiger partial charge in [0.05, 0.1) is 28.9 Å². The first-order valence-electron chi connectivity index (χ1n) is 15.4. The summed E-state index contributed by atoms with van der Waals surface area (Å²) in [4.78, 5) is 51.2. The van der Waals surface area contributed by atoms with E-state index in [4.69, 9.17) is 16.2 Å². The van der Waals surface area contributed by atoms with Crippen molar-refractivity contribution < 1.29 is 29.0 Å². The number of aliphatic carboxylic acids is 1. The molecule has 0 saturated heterocycles. The summed E-state index contributed by atoms with van der Waals surface area (Å²) in [5.41, 5.74) is 14.3. The number of carbonyl (C=O) groups is 4. The Kier molecular flexibility index (Phi) is 12.4. The van der Waals surface area contributed by atoms with Crippen LogP contribution in [0.2, 0.25) is 0 Å². The lowest BCUT2D eigenvalue weighted by molar-refractivity contribution is -0.150. The third-order valence-electron chi connectivity index (χ3n) is 7.60. The number of carboxylic acid groups (broad SMARTS) is 1. The van der Waals surface area contributed by atoms with Crippen molar-refractivity contribution in [2.45, 2.75) is 87.3 Å². The first-order chi connectivity index (χ1) is 22.0. The molecule has 0 aliphatic rings. The number of nitrogens with two attached hydrogens (primary N) is 2. The second kappa shape index (κ2) is 15.6. The van der Waals surface area contributed by atoms with E-state index in [2.05, 4.69) is 10.6 Å². The number of carbonyl (C=O) groups excluding carboxylic acids is 3. The SMILES string of the molecule is C[C@@H](OC(C)(C)C)[C@H](NC(=O)[C@H](CC(N)=O)NC(=O)[C@@H](N)C(C)(C)SC(c1ccccc1)(c1ccccc1)c1ccccc1)C(=O)O. The summed E-state index contributed by atoms with van der Waals surface area (Å²) in [6, 6.07) is 25.6. The van der Waals surface area contributed by atoms with Gasteiger partial charge in [0.1, 0.15) is 6.04 Å². The normalized spacial score (nSPS) is 14.7. The summed E-state index contributed by atoms with van der Waals surface area (Å²) >= 11 is 1.49. The maximum atomic E-state index is 13.8. The summed E-state index contributed by atoms with van der Waals surface area (Å²) in [5.74, 6) is -3.82. The van der Waals surface area contributed by atoms with E-state index in [1.54, 1.807) is 20.8 Å². The van der Waals surface area contributed by atoms with Gasteiger partial charge >= 0.3 is 5.97 Å². The summed E-state index contributed by atoms with van der Waals surface area (Å²) in [5, 5.41) is 14.8. The molecule has 7 N–H and O–H groups in total. The van der Waals surface area contributed by atoms with Crippen LogP contribution < -0.4 is 22.1 Å². The van der Waals surface area contributed by atoms with Crippen molar-refractivity contribution in [1.29, 1.82) is 0 Å². The van der Waals surface area contributed by atoms with Gasteiger partial charge in [-0.2, -0.15) is 0 Å². The van der Waals surface area contributed by atoms with E-state index >= 15 is 0 Å². The molecular weight excluding hydrogens is 616 g/mol. The minimum Gasteiger partial charge on any atom is -0.480 e. The van der Waals surface area contributed by atoms with Crippen LogP contribution in [0.25, 0.3) is 0 Å². The summed E-state index contributed by atoms with van der Waals surface area (Å²) in [7, 11) is 0. The average Bonchev–Trinajstić information content (AvgIpc) is 3.01. The van der Waals surface area contributed by atoms with Gasteiger partial charge in [-0.3, -0.25) is 14.4 Å². The maximum Gasteiger partial charge on any atom is 0.328 e. The molecule has 0 aliphatic heterocycles. The Labute approximate surface area is 281 Å². The van der Waals surface area contributed by atoms with E-state index < -0.39 is 69.4 Å². The van der Waals surface area contributed by atoms with Crippen molar-refractivity contribution >= 4 is 35.5 Å². The molecule has 0 unspecified atom stereocenters. The van der Waals surface area contributed by atoms with Gasteiger partial charge in [-0.1, -0.05) is 91.0 Å². The van der Waals surface area contributed by atoms with Crippen molar-refractivity contribution in [3.05, 3.63) is 108 Å². The van der Waals surface area contributed by atoms with Crippen LogP contribution in [-0.4, -0.2) is 63.4 Å². The van der Waals surface area contributed by atoms with Crippen LogP contribution in [-0.2, 0) is 28.7 Å². The largest absolute Gasteiger partial charge is 0.480 e. The van der Waals surface area contributed by atoms with Gasteiger partial charge in [0, 0.05) is 4.75 Å². The van der Waals surface area contributed by atoms with Crippen molar-refractivity contribution in [3.8, 4) is 0 Å². The van der Waals surface area contributed by atoms with Crippen molar-refractivity contribution in [2.24, 2.45) is 11.5 Å². The Morgan fingerprint density at radius 1 is 0.766 bits per heavy atom. The van der Waals surface area contributed by atoms with Gasteiger partial charge < -0.3 is 31.9 Å². The number of nitrogens with one attached hydrogen (secondary N) is 2. The molecule has 0 spiro atoms. The number of hydrogen-bond donors (Lipinski definition) is 5. The lowest BCUT2D eigenvalue weighted by Gasteiger charge is -2.43. The molecule has 4 atom stereocenters. The van der Waals surface area contributed by atoms with Crippen LogP contribution in [0.5, 0.6) is 0 Å². The van der Waals surface area contributed by atoms with Crippen molar-refractivity contribution in [1.82, 2.24) is 10.6 Å². The third-order valence-corrected chi connectivity index (χ3v) is 9.39. The molecule has 0 radical (unpaired) electrons. The van der Waals surface area contributed by atoms with E-state index in [-0.39, 0.29) is 0 Å². The molecule has 3 aromatic carbocycles. The van der Waals surface area contributed by atoms with E-state index in [1.165, 1.54) is 18.7 Å². The molecule has 0 bridgehead atoms. The predicted molar refractivity (Wildman–Crippen MR) is 184 cm³/mol. The number of benzene rings is 3. The Bertz CT molecular complexity index is 1420. The number of hydrogen-bond acceptors (Lipinski definition) is 7. The molecule has 0 saturated carbocycles. The summed E-state index contributed by atoms with van der Waals surface area (Å²) < 4.78 is 3.97. The van der Waals surface area contributed by atoms with E-state index in [0.717, 1.165) is 16.7 Å². The second-order valence-electron chi connectivity index (χ2n) is 13.0. The van der Waals surface area contributed by atoms with Crippen molar-refractivity contribution in [3.63, 3.8) is 0 Å². The van der Waals surface area contributed by atoms with E-state index in [9.17, 15) is 24.3 Å². The molecule has 10 nitrogen and oxygen atoms in total. The van der Waals surface area contributed by atoms with Gasteiger partial charge in [0.15, 0.2) is 6.04 Å². The topological polar surface area (TPSA) is 174 Å². The highest BCUT2D eigenvalue weighted by Gasteiger charge is 2.46. The highest BCUT2D eigenvalue weighted by atomic mass is 32.2. The Morgan fingerprint density at radius 2 is 1.19 bits per heavy atom. The second-order valence-corrected chi connectivity index (χ2v) is 14.8.